The molecule has 0 aliphatic rings. The van der Waals surface area contributed by atoms with Gasteiger partial charge in [-0.1, -0.05) is 34.1 Å². The van der Waals surface area contributed by atoms with E-state index in [2.05, 4.69) is 31.4 Å². The largest absolute Gasteiger partial charge is 0.361 e. The fourth-order valence-corrected chi connectivity index (χ4v) is 2.29. The second-order valence-electron chi connectivity index (χ2n) is 4.50. The Hall–Kier alpha value is -2.40. The quantitative estimate of drug-likeness (QED) is 0.553. The third-order valence-electron chi connectivity index (χ3n) is 3.10. The van der Waals surface area contributed by atoms with Gasteiger partial charge in [0.25, 0.3) is 5.91 Å². The van der Waals surface area contributed by atoms with Crippen LogP contribution in [0.4, 0.5) is 0 Å². The van der Waals surface area contributed by atoms with E-state index in [4.69, 9.17) is 0 Å². The molecule has 0 atom stereocenters. The second kappa shape index (κ2) is 5.93. The van der Waals surface area contributed by atoms with Gasteiger partial charge in [0.1, 0.15) is 0 Å². The smallest absolute Gasteiger partial charge is 0.271 e. The van der Waals surface area contributed by atoms with Crippen molar-refractivity contribution in [3.05, 3.63) is 70.3 Å². The number of amides is 1. The highest BCUT2D eigenvalue weighted by atomic mass is 79.9. The number of aromatic nitrogens is 1. The summed E-state index contributed by atoms with van der Waals surface area (Å²) in [6.07, 6.45) is 3.50. The Balaban J connectivity index is 1.72. The number of carbonyl (C=O) groups excluding carboxylic acids is 1. The zero-order valence-electron chi connectivity index (χ0n) is 11.0. The van der Waals surface area contributed by atoms with Crippen LogP contribution in [0.2, 0.25) is 0 Å². The van der Waals surface area contributed by atoms with Crippen LogP contribution in [0.5, 0.6) is 0 Å². The van der Waals surface area contributed by atoms with E-state index in [9.17, 15) is 4.79 Å². The third kappa shape index (κ3) is 3.03. The van der Waals surface area contributed by atoms with Gasteiger partial charge < -0.3 is 4.98 Å². The van der Waals surface area contributed by atoms with Gasteiger partial charge in [-0.25, -0.2) is 5.43 Å². The average molecular weight is 342 g/mol. The summed E-state index contributed by atoms with van der Waals surface area (Å²) in [6, 6.07) is 15.0. The van der Waals surface area contributed by atoms with Crippen LogP contribution in [-0.4, -0.2) is 17.1 Å². The maximum absolute atomic E-state index is 11.9. The van der Waals surface area contributed by atoms with Crippen LogP contribution in [0.1, 0.15) is 15.9 Å². The number of hydrazone groups is 1. The average Bonchev–Trinajstić information content (AvgIpc) is 2.91. The molecule has 0 saturated heterocycles. The fraction of sp³-hybridized carbons (Fsp3) is 0. The highest BCUT2D eigenvalue weighted by Crippen LogP contribution is 2.15. The molecule has 0 aliphatic carbocycles. The minimum atomic E-state index is -0.237. The minimum Gasteiger partial charge on any atom is -0.361 e. The monoisotopic (exact) mass is 341 g/mol. The fourth-order valence-electron chi connectivity index (χ4n) is 2.03. The van der Waals surface area contributed by atoms with Crippen LogP contribution in [0, 0.1) is 0 Å². The van der Waals surface area contributed by atoms with Crippen molar-refractivity contribution in [3.8, 4) is 0 Å². The Morgan fingerprint density at radius 3 is 2.71 bits per heavy atom. The number of aromatic amines is 1. The zero-order chi connectivity index (χ0) is 14.7. The molecule has 21 heavy (non-hydrogen) atoms. The zero-order valence-corrected chi connectivity index (χ0v) is 12.6. The number of H-pyrrole nitrogens is 1. The van der Waals surface area contributed by atoms with E-state index < -0.39 is 0 Å². The molecule has 4 nitrogen and oxygen atoms in total. The molecule has 0 fully saturated rings. The van der Waals surface area contributed by atoms with Gasteiger partial charge in [0.2, 0.25) is 0 Å². The van der Waals surface area contributed by atoms with E-state index >= 15 is 0 Å². The number of benzene rings is 2. The molecule has 0 spiro atoms. The predicted molar refractivity (Wildman–Crippen MR) is 87.5 cm³/mol. The van der Waals surface area contributed by atoms with Crippen LogP contribution in [0.3, 0.4) is 0 Å². The second-order valence-corrected chi connectivity index (χ2v) is 5.41. The van der Waals surface area contributed by atoms with E-state index in [1.165, 1.54) is 0 Å². The number of nitrogens with zero attached hydrogens (tertiary/aromatic N) is 1. The van der Waals surface area contributed by atoms with Gasteiger partial charge >= 0.3 is 0 Å². The normalized spacial score (nSPS) is 11.1. The lowest BCUT2D eigenvalue weighted by molar-refractivity contribution is 0.0955. The van der Waals surface area contributed by atoms with Gasteiger partial charge in [0.05, 0.1) is 6.21 Å². The van der Waals surface area contributed by atoms with Crippen LogP contribution in [0.25, 0.3) is 10.9 Å². The summed E-state index contributed by atoms with van der Waals surface area (Å²) in [7, 11) is 0. The first-order valence-electron chi connectivity index (χ1n) is 6.39. The first kappa shape index (κ1) is 13.6. The van der Waals surface area contributed by atoms with E-state index in [-0.39, 0.29) is 5.91 Å². The molecular formula is C16H12BrN3O. The summed E-state index contributed by atoms with van der Waals surface area (Å²) in [5, 5.41) is 5.08. The Bertz CT molecular complexity index is 806. The van der Waals surface area contributed by atoms with Gasteiger partial charge in [-0.15, -0.1) is 0 Å². The van der Waals surface area contributed by atoms with Crippen molar-refractivity contribution in [3.63, 3.8) is 0 Å². The molecule has 1 heterocycles. The van der Waals surface area contributed by atoms with E-state index in [0.717, 1.165) is 20.9 Å². The minimum absolute atomic E-state index is 0.237. The predicted octanol–water partition coefficient (Wildman–Crippen LogP) is 3.69. The maximum Gasteiger partial charge on any atom is 0.271 e. The van der Waals surface area contributed by atoms with Gasteiger partial charge in [-0.2, -0.15) is 5.10 Å². The molecule has 2 N–H and O–H groups in total. The number of rotatable bonds is 3. The number of halogens is 1. The maximum atomic E-state index is 11.9. The third-order valence-corrected chi connectivity index (χ3v) is 3.63. The van der Waals surface area contributed by atoms with Crippen LogP contribution >= 0.6 is 15.9 Å². The first-order chi connectivity index (χ1) is 10.2. The van der Waals surface area contributed by atoms with Crippen LogP contribution in [0.15, 0.2) is 64.3 Å². The first-order valence-corrected chi connectivity index (χ1v) is 7.18. The lowest BCUT2D eigenvalue weighted by Crippen LogP contribution is -2.17. The molecule has 0 radical (unpaired) electrons. The summed E-state index contributed by atoms with van der Waals surface area (Å²) in [4.78, 5) is 15.1. The lowest BCUT2D eigenvalue weighted by Gasteiger charge is -1.99. The Labute approximate surface area is 130 Å². The van der Waals surface area contributed by atoms with Gasteiger partial charge in [-0.3, -0.25) is 4.79 Å². The molecule has 0 aliphatic heterocycles. The van der Waals surface area contributed by atoms with Crippen molar-refractivity contribution < 1.29 is 4.79 Å². The molecule has 3 aromatic rings. The lowest BCUT2D eigenvalue weighted by atomic mass is 10.2. The Kier molecular flexibility index (Phi) is 3.83. The molecule has 1 amide bonds. The van der Waals surface area contributed by atoms with Crippen molar-refractivity contribution in [1.29, 1.82) is 0 Å². The van der Waals surface area contributed by atoms with Gasteiger partial charge in [-0.05, 0) is 30.3 Å². The molecule has 1 aromatic heterocycles. The van der Waals surface area contributed by atoms with E-state index in [1.807, 2.05) is 42.6 Å². The Morgan fingerprint density at radius 1 is 1.14 bits per heavy atom. The molecule has 3 rings (SSSR count). The van der Waals surface area contributed by atoms with Crippen molar-refractivity contribution in [2.75, 3.05) is 0 Å². The highest BCUT2D eigenvalue weighted by molar-refractivity contribution is 9.10. The van der Waals surface area contributed by atoms with Crippen LogP contribution in [-0.2, 0) is 0 Å². The summed E-state index contributed by atoms with van der Waals surface area (Å²) in [5.41, 5.74) is 5.06. The topological polar surface area (TPSA) is 57.2 Å². The number of nitrogens with one attached hydrogen (secondary N) is 2. The summed E-state index contributed by atoms with van der Waals surface area (Å²) in [6.45, 7) is 0. The molecule has 0 bridgehead atoms. The molecule has 5 heteroatoms. The van der Waals surface area contributed by atoms with Gasteiger partial charge in [0, 0.05) is 32.7 Å². The number of para-hydroxylation sites is 1. The molecule has 2 aromatic carbocycles. The highest BCUT2D eigenvalue weighted by Gasteiger charge is 2.03. The van der Waals surface area contributed by atoms with Crippen molar-refractivity contribution in [2.24, 2.45) is 5.10 Å². The number of hydrogen-bond acceptors (Lipinski definition) is 2. The summed E-state index contributed by atoms with van der Waals surface area (Å²) >= 11 is 3.33. The summed E-state index contributed by atoms with van der Waals surface area (Å²) < 4.78 is 0.932. The van der Waals surface area contributed by atoms with Crippen LogP contribution < -0.4 is 5.43 Å². The SMILES string of the molecule is O=C(N/N=C\c1c[nH]c2ccccc12)c1ccc(Br)cc1. The van der Waals surface area contributed by atoms with E-state index in [1.54, 1.807) is 18.3 Å². The molecule has 0 saturated carbocycles. The van der Waals surface area contributed by atoms with E-state index in [0.29, 0.717) is 5.56 Å². The Morgan fingerprint density at radius 2 is 1.90 bits per heavy atom. The van der Waals surface area contributed by atoms with Gasteiger partial charge in [0.15, 0.2) is 0 Å². The number of carbonyl (C=O) groups is 1. The van der Waals surface area contributed by atoms with Crippen molar-refractivity contribution in [1.82, 2.24) is 10.4 Å². The van der Waals surface area contributed by atoms with Crippen molar-refractivity contribution >= 4 is 39.0 Å². The van der Waals surface area contributed by atoms with Crippen molar-refractivity contribution in [2.45, 2.75) is 0 Å². The molecule has 104 valence electrons. The summed E-state index contributed by atoms with van der Waals surface area (Å²) in [5.74, 6) is -0.237. The number of fused-ring (bicyclic) bond motifs is 1. The molecular weight excluding hydrogens is 330 g/mol. The number of hydrogen-bond donors (Lipinski definition) is 2. The standard InChI is InChI=1S/C16H12BrN3O/c17-13-7-5-11(6-8-13)16(21)20-19-10-12-9-18-15-4-2-1-3-14(12)15/h1-10,18H,(H,20,21)/b19-10-. The molecule has 0 unspecified atom stereocenters.